The summed E-state index contributed by atoms with van der Waals surface area (Å²) in [5, 5.41) is 6.06. The van der Waals surface area contributed by atoms with Gasteiger partial charge in [0.1, 0.15) is 5.82 Å². The Balaban J connectivity index is 1.78. The Labute approximate surface area is 142 Å². The molecule has 118 valence electrons. The summed E-state index contributed by atoms with van der Waals surface area (Å²) in [5.74, 6) is 0.166. The first kappa shape index (κ1) is 17.2. The van der Waals surface area contributed by atoms with Crippen LogP contribution < -0.4 is 5.32 Å². The van der Waals surface area contributed by atoms with Crippen LogP contribution in [-0.2, 0) is 17.0 Å². The lowest BCUT2D eigenvalue weighted by molar-refractivity contribution is -0.113. The number of rotatable bonds is 7. The van der Waals surface area contributed by atoms with Crippen LogP contribution >= 0.6 is 34.7 Å². The van der Waals surface area contributed by atoms with Gasteiger partial charge in [-0.25, -0.2) is 9.37 Å². The molecule has 1 N–H and O–H groups in total. The minimum absolute atomic E-state index is 0.108. The molecule has 7 heteroatoms. The molecule has 0 radical (unpaired) electrons. The van der Waals surface area contributed by atoms with Crippen LogP contribution in [0.4, 0.5) is 10.1 Å². The fourth-order valence-electron chi connectivity index (χ4n) is 1.77. The highest BCUT2D eigenvalue weighted by Gasteiger charge is 2.09. The fourth-order valence-corrected chi connectivity index (χ4v) is 3.67. The molecule has 0 atom stereocenters. The van der Waals surface area contributed by atoms with Crippen molar-refractivity contribution in [1.82, 2.24) is 4.98 Å². The molecule has 1 heterocycles. The second-order valence-electron chi connectivity index (χ2n) is 4.65. The van der Waals surface area contributed by atoms with E-state index in [0.717, 1.165) is 23.5 Å². The highest BCUT2D eigenvalue weighted by molar-refractivity contribution is 7.99. The van der Waals surface area contributed by atoms with Gasteiger partial charge in [-0.2, -0.15) is 0 Å². The molecule has 1 aromatic heterocycles. The van der Waals surface area contributed by atoms with Gasteiger partial charge in [-0.1, -0.05) is 18.5 Å². The highest BCUT2D eigenvalue weighted by Crippen LogP contribution is 2.21. The van der Waals surface area contributed by atoms with Crippen molar-refractivity contribution in [3.05, 3.63) is 45.1 Å². The molecule has 3 nitrogen and oxygen atoms in total. The van der Waals surface area contributed by atoms with Crippen molar-refractivity contribution in [1.29, 1.82) is 0 Å². The maximum atomic E-state index is 13.5. The van der Waals surface area contributed by atoms with Crippen LogP contribution in [0.5, 0.6) is 0 Å². The van der Waals surface area contributed by atoms with Crippen LogP contribution in [0, 0.1) is 5.82 Å². The number of hydrogen-bond donors (Lipinski definition) is 1. The number of benzene rings is 1. The molecule has 0 saturated heterocycles. The SMILES string of the molecule is CCCc1nc(CSCC(=O)Nc2cc(Cl)ccc2F)cs1. The van der Waals surface area contributed by atoms with E-state index < -0.39 is 5.82 Å². The number of aromatic nitrogens is 1. The average molecular weight is 359 g/mol. The van der Waals surface area contributed by atoms with E-state index in [1.807, 2.05) is 5.38 Å². The normalized spacial score (nSPS) is 10.7. The summed E-state index contributed by atoms with van der Waals surface area (Å²) in [4.78, 5) is 16.3. The minimum Gasteiger partial charge on any atom is -0.323 e. The minimum atomic E-state index is -0.494. The highest BCUT2D eigenvalue weighted by atomic mass is 35.5. The third-order valence-corrected chi connectivity index (χ3v) is 4.91. The van der Waals surface area contributed by atoms with E-state index in [1.54, 1.807) is 11.3 Å². The van der Waals surface area contributed by atoms with E-state index >= 15 is 0 Å². The van der Waals surface area contributed by atoms with Gasteiger partial charge in [-0.15, -0.1) is 23.1 Å². The van der Waals surface area contributed by atoms with Gasteiger partial charge in [0.05, 0.1) is 22.1 Å². The fraction of sp³-hybridized carbons (Fsp3) is 0.333. The predicted molar refractivity (Wildman–Crippen MR) is 92.3 cm³/mol. The van der Waals surface area contributed by atoms with Crippen molar-refractivity contribution in [2.75, 3.05) is 11.1 Å². The topological polar surface area (TPSA) is 42.0 Å². The van der Waals surface area contributed by atoms with Crippen molar-refractivity contribution in [3.8, 4) is 0 Å². The molecule has 0 aliphatic carbocycles. The lowest BCUT2D eigenvalue weighted by Crippen LogP contribution is -2.15. The number of nitrogens with zero attached hydrogens (tertiary/aromatic N) is 1. The van der Waals surface area contributed by atoms with Gasteiger partial charge >= 0.3 is 0 Å². The van der Waals surface area contributed by atoms with Crippen LogP contribution in [0.25, 0.3) is 0 Å². The summed E-state index contributed by atoms with van der Waals surface area (Å²) < 4.78 is 13.5. The van der Waals surface area contributed by atoms with Gasteiger partial charge < -0.3 is 5.32 Å². The van der Waals surface area contributed by atoms with Gasteiger partial charge in [0.2, 0.25) is 5.91 Å². The van der Waals surface area contributed by atoms with Crippen molar-refractivity contribution in [2.45, 2.75) is 25.5 Å². The summed E-state index contributed by atoms with van der Waals surface area (Å²) in [7, 11) is 0. The van der Waals surface area contributed by atoms with E-state index in [-0.39, 0.29) is 17.3 Å². The number of halogens is 2. The molecule has 1 aromatic carbocycles. The summed E-state index contributed by atoms with van der Waals surface area (Å²) >= 11 is 8.88. The molecule has 0 aliphatic rings. The largest absolute Gasteiger partial charge is 0.323 e. The first-order valence-corrected chi connectivity index (χ1v) is 9.25. The number of thioether (sulfide) groups is 1. The van der Waals surface area contributed by atoms with Gasteiger partial charge in [0.15, 0.2) is 0 Å². The zero-order chi connectivity index (χ0) is 15.9. The van der Waals surface area contributed by atoms with Crippen LogP contribution in [-0.4, -0.2) is 16.6 Å². The van der Waals surface area contributed by atoms with Gasteiger partial charge in [-0.3, -0.25) is 4.79 Å². The molecule has 0 aliphatic heterocycles. The molecule has 0 unspecified atom stereocenters. The van der Waals surface area contributed by atoms with Crippen LogP contribution in [0.2, 0.25) is 5.02 Å². The third kappa shape index (κ3) is 5.26. The van der Waals surface area contributed by atoms with Crippen LogP contribution in [0.1, 0.15) is 24.0 Å². The molecule has 0 spiro atoms. The van der Waals surface area contributed by atoms with Gasteiger partial charge in [0.25, 0.3) is 0 Å². The van der Waals surface area contributed by atoms with Gasteiger partial charge in [0, 0.05) is 16.2 Å². The number of amides is 1. The molecule has 0 bridgehead atoms. The maximum Gasteiger partial charge on any atom is 0.234 e. The first-order valence-electron chi connectivity index (χ1n) is 6.84. The molecule has 0 fully saturated rings. The Hall–Kier alpha value is -1.11. The molecule has 2 aromatic rings. The van der Waals surface area contributed by atoms with E-state index in [0.29, 0.717) is 10.8 Å². The van der Waals surface area contributed by atoms with E-state index in [2.05, 4.69) is 17.2 Å². The second kappa shape index (κ2) is 8.50. The number of carbonyl (C=O) groups is 1. The smallest absolute Gasteiger partial charge is 0.234 e. The predicted octanol–water partition coefficient (Wildman–Crippen LogP) is 4.76. The summed E-state index contributed by atoms with van der Waals surface area (Å²) in [6, 6.07) is 4.07. The van der Waals surface area contributed by atoms with E-state index in [4.69, 9.17) is 11.6 Å². The van der Waals surface area contributed by atoms with Crippen molar-refractivity contribution in [2.24, 2.45) is 0 Å². The first-order chi connectivity index (χ1) is 10.6. The Bertz CT molecular complexity index is 648. The van der Waals surface area contributed by atoms with Gasteiger partial charge in [-0.05, 0) is 31.0 Å². The molecule has 0 saturated carbocycles. The van der Waals surface area contributed by atoms with Crippen molar-refractivity contribution >= 4 is 46.3 Å². The molecule has 2 rings (SSSR count). The molecule has 22 heavy (non-hydrogen) atoms. The number of carbonyl (C=O) groups excluding carboxylic acids is 1. The molecular weight excluding hydrogens is 343 g/mol. The summed E-state index contributed by atoms with van der Waals surface area (Å²) in [6.07, 6.45) is 2.07. The standard InChI is InChI=1S/C15H16ClFN2OS2/c1-2-3-15-18-11(8-22-15)7-21-9-14(20)19-13-6-10(16)4-5-12(13)17/h4-6,8H,2-3,7,9H2,1H3,(H,19,20). The summed E-state index contributed by atoms with van der Waals surface area (Å²) in [5.41, 5.74) is 1.09. The second-order valence-corrected chi connectivity index (χ2v) is 7.01. The lowest BCUT2D eigenvalue weighted by atomic mass is 10.3. The maximum absolute atomic E-state index is 13.5. The number of anilines is 1. The lowest BCUT2D eigenvalue weighted by Gasteiger charge is -2.06. The Morgan fingerprint density at radius 3 is 3.09 bits per heavy atom. The van der Waals surface area contributed by atoms with Crippen molar-refractivity contribution in [3.63, 3.8) is 0 Å². The Morgan fingerprint density at radius 1 is 1.50 bits per heavy atom. The number of nitrogens with one attached hydrogen (secondary N) is 1. The quantitative estimate of drug-likeness (QED) is 0.775. The molecule has 1 amide bonds. The molecular formula is C15H16ClFN2OS2. The van der Waals surface area contributed by atoms with Crippen molar-refractivity contribution < 1.29 is 9.18 Å². The third-order valence-electron chi connectivity index (χ3n) is 2.75. The van der Waals surface area contributed by atoms with E-state index in [9.17, 15) is 9.18 Å². The summed E-state index contributed by atoms with van der Waals surface area (Å²) in [6.45, 7) is 2.12. The average Bonchev–Trinajstić information content (AvgIpc) is 2.91. The Morgan fingerprint density at radius 2 is 2.32 bits per heavy atom. The monoisotopic (exact) mass is 358 g/mol. The Kier molecular flexibility index (Phi) is 6.67. The zero-order valence-corrected chi connectivity index (χ0v) is 14.5. The number of thiazole rings is 1. The van der Waals surface area contributed by atoms with Crippen LogP contribution in [0.3, 0.4) is 0 Å². The van der Waals surface area contributed by atoms with Crippen LogP contribution in [0.15, 0.2) is 23.6 Å². The van der Waals surface area contributed by atoms with E-state index in [1.165, 1.54) is 30.0 Å². The number of aryl methyl sites for hydroxylation is 1. The zero-order valence-electron chi connectivity index (χ0n) is 12.1. The number of hydrogen-bond acceptors (Lipinski definition) is 4.